The molecular formula is C28H26NOP. The third-order valence-corrected chi connectivity index (χ3v) is 6.71. The first-order valence-corrected chi connectivity index (χ1v) is 11.4. The Labute approximate surface area is 186 Å². The van der Waals surface area contributed by atoms with Crippen molar-refractivity contribution >= 4 is 31.1 Å². The number of aryl methyl sites for hydroxylation is 2. The van der Waals surface area contributed by atoms with Gasteiger partial charge in [0.15, 0.2) is 0 Å². The van der Waals surface area contributed by atoms with Crippen molar-refractivity contribution in [2.75, 3.05) is 0 Å². The van der Waals surface area contributed by atoms with E-state index in [9.17, 15) is 0 Å². The van der Waals surface area contributed by atoms with Crippen molar-refractivity contribution in [1.29, 1.82) is 0 Å². The number of para-hydroxylation sites is 2. The topological polar surface area (TPSA) is 21.6 Å². The highest BCUT2D eigenvalue weighted by molar-refractivity contribution is 7.56. The average Bonchev–Trinajstić information content (AvgIpc) is 2.80. The van der Waals surface area contributed by atoms with E-state index in [4.69, 9.17) is 4.74 Å². The summed E-state index contributed by atoms with van der Waals surface area (Å²) in [5.74, 6) is 0.985. The molecule has 0 aliphatic heterocycles. The predicted molar refractivity (Wildman–Crippen MR) is 134 cm³/mol. The van der Waals surface area contributed by atoms with E-state index in [1.807, 2.05) is 54.7 Å². The lowest BCUT2D eigenvalue weighted by atomic mass is 10.1. The molecular weight excluding hydrogens is 397 g/mol. The van der Waals surface area contributed by atoms with E-state index < -0.39 is 0 Å². The standard InChI is InChI=1S/C28H26NOP/c1-21-11-10-18-26(27(21)30-20-23-13-5-3-6-14-23)31-28-22(2)12-9-15-24(28)19-29-25-16-7-4-8-17-25/h3-19,31H,20H2,1-2H3. The fourth-order valence-corrected chi connectivity index (χ4v) is 4.84. The number of aliphatic imine (C=N–C) groups is 1. The molecule has 0 saturated heterocycles. The molecule has 0 saturated carbocycles. The molecule has 31 heavy (non-hydrogen) atoms. The summed E-state index contributed by atoms with van der Waals surface area (Å²) in [6.07, 6.45) is 1.98. The van der Waals surface area contributed by atoms with Crippen LogP contribution in [0.2, 0.25) is 0 Å². The Morgan fingerprint density at radius 3 is 2.19 bits per heavy atom. The second kappa shape index (κ2) is 10.2. The molecule has 0 aliphatic rings. The van der Waals surface area contributed by atoms with Gasteiger partial charge in [-0.1, -0.05) is 93.5 Å². The highest BCUT2D eigenvalue weighted by Gasteiger charge is 2.12. The van der Waals surface area contributed by atoms with E-state index in [0.717, 1.165) is 22.6 Å². The van der Waals surface area contributed by atoms with Gasteiger partial charge in [-0.25, -0.2) is 0 Å². The normalized spacial score (nSPS) is 11.4. The zero-order valence-electron chi connectivity index (χ0n) is 17.9. The number of hydrogen-bond donors (Lipinski definition) is 0. The van der Waals surface area contributed by atoms with Gasteiger partial charge in [0.2, 0.25) is 0 Å². The Hall–Kier alpha value is -3.22. The van der Waals surface area contributed by atoms with Crippen LogP contribution in [-0.4, -0.2) is 6.21 Å². The summed E-state index contributed by atoms with van der Waals surface area (Å²) < 4.78 is 6.31. The monoisotopic (exact) mass is 423 g/mol. The van der Waals surface area contributed by atoms with Gasteiger partial charge in [-0.05, 0) is 48.0 Å². The molecule has 0 radical (unpaired) electrons. The van der Waals surface area contributed by atoms with Gasteiger partial charge >= 0.3 is 0 Å². The van der Waals surface area contributed by atoms with Crippen LogP contribution in [0.1, 0.15) is 22.3 Å². The van der Waals surface area contributed by atoms with Crippen LogP contribution >= 0.6 is 8.58 Å². The smallest absolute Gasteiger partial charge is 0.130 e. The summed E-state index contributed by atoms with van der Waals surface area (Å²) in [5, 5.41) is 2.52. The molecule has 0 bridgehead atoms. The van der Waals surface area contributed by atoms with Crippen molar-refractivity contribution in [3.63, 3.8) is 0 Å². The lowest BCUT2D eigenvalue weighted by Gasteiger charge is -2.16. The second-order valence-corrected chi connectivity index (χ2v) is 8.77. The molecule has 0 amide bonds. The van der Waals surface area contributed by atoms with Gasteiger partial charge in [0, 0.05) is 17.1 Å². The van der Waals surface area contributed by atoms with E-state index in [-0.39, 0.29) is 0 Å². The maximum Gasteiger partial charge on any atom is 0.130 e. The molecule has 0 heterocycles. The van der Waals surface area contributed by atoms with Crippen LogP contribution in [0.3, 0.4) is 0 Å². The van der Waals surface area contributed by atoms with Gasteiger partial charge in [-0.3, -0.25) is 4.99 Å². The first-order chi connectivity index (χ1) is 15.2. The van der Waals surface area contributed by atoms with E-state index in [2.05, 4.69) is 67.4 Å². The van der Waals surface area contributed by atoms with E-state index in [0.29, 0.717) is 15.2 Å². The Bertz CT molecular complexity index is 1170. The van der Waals surface area contributed by atoms with E-state index >= 15 is 0 Å². The van der Waals surface area contributed by atoms with Crippen LogP contribution in [0.5, 0.6) is 5.75 Å². The van der Waals surface area contributed by atoms with Crippen LogP contribution < -0.4 is 15.3 Å². The molecule has 0 aromatic heterocycles. The molecule has 4 aromatic carbocycles. The summed E-state index contributed by atoms with van der Waals surface area (Å²) in [6, 6.07) is 33.2. The number of nitrogens with zero attached hydrogens (tertiary/aromatic N) is 1. The number of benzene rings is 4. The van der Waals surface area contributed by atoms with Crippen molar-refractivity contribution in [1.82, 2.24) is 0 Å². The minimum Gasteiger partial charge on any atom is -0.488 e. The quantitative estimate of drug-likeness (QED) is 0.254. The minimum atomic E-state index is 0.488. The number of ether oxygens (including phenoxy) is 1. The first kappa shape index (κ1) is 21.0. The van der Waals surface area contributed by atoms with Crippen LogP contribution in [-0.2, 0) is 6.61 Å². The van der Waals surface area contributed by atoms with Crippen molar-refractivity contribution in [3.05, 3.63) is 119 Å². The summed E-state index contributed by atoms with van der Waals surface area (Å²) in [4.78, 5) is 4.68. The van der Waals surface area contributed by atoms with Gasteiger partial charge in [0.1, 0.15) is 12.4 Å². The lowest BCUT2D eigenvalue weighted by Crippen LogP contribution is -2.15. The fourth-order valence-electron chi connectivity index (χ4n) is 3.43. The molecule has 0 fully saturated rings. The van der Waals surface area contributed by atoms with Gasteiger partial charge in [-0.2, -0.15) is 0 Å². The molecule has 4 aromatic rings. The molecule has 3 heteroatoms. The highest BCUT2D eigenvalue weighted by atomic mass is 31.1. The lowest BCUT2D eigenvalue weighted by molar-refractivity contribution is 0.307. The Kier molecular flexibility index (Phi) is 6.92. The zero-order valence-corrected chi connectivity index (χ0v) is 18.9. The summed E-state index contributed by atoms with van der Waals surface area (Å²) in [7, 11) is 0.488. The average molecular weight is 423 g/mol. The van der Waals surface area contributed by atoms with Crippen molar-refractivity contribution < 1.29 is 4.74 Å². The first-order valence-electron chi connectivity index (χ1n) is 10.4. The van der Waals surface area contributed by atoms with Gasteiger partial charge < -0.3 is 4.74 Å². The number of hydrogen-bond acceptors (Lipinski definition) is 2. The summed E-state index contributed by atoms with van der Waals surface area (Å²) in [6.45, 7) is 4.85. The fraction of sp³-hybridized carbons (Fsp3) is 0.107. The van der Waals surface area contributed by atoms with Crippen LogP contribution in [0.15, 0.2) is 102 Å². The second-order valence-electron chi connectivity index (χ2n) is 7.48. The predicted octanol–water partition coefficient (Wildman–Crippen LogP) is 6.26. The molecule has 4 rings (SSSR count). The molecule has 1 atom stereocenters. The third-order valence-electron chi connectivity index (χ3n) is 5.11. The maximum atomic E-state index is 6.31. The van der Waals surface area contributed by atoms with Gasteiger partial charge in [0.05, 0.1) is 5.69 Å². The van der Waals surface area contributed by atoms with Crippen LogP contribution in [0.4, 0.5) is 5.69 Å². The van der Waals surface area contributed by atoms with Gasteiger partial charge in [0.25, 0.3) is 0 Å². The van der Waals surface area contributed by atoms with Gasteiger partial charge in [-0.15, -0.1) is 0 Å². The molecule has 0 aliphatic carbocycles. The minimum absolute atomic E-state index is 0.488. The zero-order chi connectivity index (χ0) is 21.5. The van der Waals surface area contributed by atoms with E-state index in [1.54, 1.807) is 0 Å². The van der Waals surface area contributed by atoms with Crippen molar-refractivity contribution in [2.24, 2.45) is 4.99 Å². The Morgan fingerprint density at radius 2 is 1.42 bits per heavy atom. The largest absolute Gasteiger partial charge is 0.488 e. The maximum absolute atomic E-state index is 6.31. The van der Waals surface area contributed by atoms with Crippen LogP contribution in [0, 0.1) is 13.8 Å². The Balaban J connectivity index is 1.62. The Morgan fingerprint density at radius 1 is 0.742 bits per heavy atom. The molecule has 0 N–H and O–H groups in total. The molecule has 2 nitrogen and oxygen atoms in total. The summed E-state index contributed by atoms with van der Waals surface area (Å²) >= 11 is 0. The summed E-state index contributed by atoms with van der Waals surface area (Å²) in [5.41, 5.74) is 5.71. The highest BCUT2D eigenvalue weighted by Crippen LogP contribution is 2.26. The van der Waals surface area contributed by atoms with Crippen LogP contribution in [0.25, 0.3) is 0 Å². The molecule has 154 valence electrons. The SMILES string of the molecule is Cc1cccc(Pc2c(C)cccc2C=Nc2ccccc2)c1OCc1ccccc1. The molecule has 1 unspecified atom stereocenters. The third kappa shape index (κ3) is 5.48. The molecule has 0 spiro atoms. The van der Waals surface area contributed by atoms with E-state index in [1.165, 1.54) is 21.7 Å². The number of rotatable bonds is 7. The van der Waals surface area contributed by atoms with Crippen molar-refractivity contribution in [3.8, 4) is 5.75 Å². The van der Waals surface area contributed by atoms with Crippen molar-refractivity contribution in [2.45, 2.75) is 20.5 Å².